The molecule has 6 heteroatoms. The molecule has 1 aliphatic rings. The van der Waals surface area contributed by atoms with Crippen molar-refractivity contribution in [2.45, 2.75) is 31.8 Å². The number of hydrogen-bond donors (Lipinski definition) is 2. The second-order valence-corrected chi connectivity index (χ2v) is 5.45. The molecule has 1 saturated heterocycles. The van der Waals surface area contributed by atoms with E-state index in [9.17, 15) is 4.79 Å². The van der Waals surface area contributed by atoms with Crippen LogP contribution in [0, 0.1) is 0 Å². The van der Waals surface area contributed by atoms with Crippen LogP contribution in [0.1, 0.15) is 30.7 Å². The molecule has 0 saturated carbocycles. The molecular formula is C13H21ClN2O2S. The first-order valence-corrected chi connectivity index (χ1v) is 7.31. The summed E-state index contributed by atoms with van der Waals surface area (Å²) in [4.78, 5) is 13.2. The standard InChI is InChI=1S/C13H20N2O2S.ClH/c1-2-11(12-4-3-7-18-12)15-13(16)8-10-9-17-6-5-14-10;/h3-4,7,10-11,14H,2,5-6,8-9H2,1H3,(H,15,16);1H. The van der Waals surface area contributed by atoms with E-state index in [0.717, 1.165) is 19.6 Å². The molecule has 0 aromatic carbocycles. The van der Waals surface area contributed by atoms with Crippen molar-refractivity contribution >= 4 is 29.7 Å². The zero-order valence-corrected chi connectivity index (χ0v) is 12.7. The highest BCUT2D eigenvalue weighted by atomic mass is 35.5. The average Bonchev–Trinajstić information content (AvgIpc) is 2.91. The minimum Gasteiger partial charge on any atom is -0.378 e. The predicted octanol–water partition coefficient (Wildman–Crippen LogP) is 2.12. The van der Waals surface area contributed by atoms with E-state index in [2.05, 4.69) is 23.6 Å². The Kier molecular flexibility index (Phi) is 7.38. The van der Waals surface area contributed by atoms with Crippen LogP contribution in [0.5, 0.6) is 0 Å². The highest BCUT2D eigenvalue weighted by molar-refractivity contribution is 7.10. The fourth-order valence-corrected chi connectivity index (χ4v) is 2.95. The van der Waals surface area contributed by atoms with Crippen molar-refractivity contribution < 1.29 is 9.53 Å². The van der Waals surface area contributed by atoms with E-state index in [4.69, 9.17) is 4.74 Å². The van der Waals surface area contributed by atoms with Crippen molar-refractivity contribution in [2.75, 3.05) is 19.8 Å². The fourth-order valence-electron chi connectivity index (χ4n) is 2.09. The zero-order chi connectivity index (χ0) is 12.8. The quantitative estimate of drug-likeness (QED) is 0.876. The smallest absolute Gasteiger partial charge is 0.222 e. The molecule has 2 unspecified atom stereocenters. The zero-order valence-electron chi connectivity index (χ0n) is 11.1. The van der Waals surface area contributed by atoms with Gasteiger partial charge in [-0.3, -0.25) is 4.79 Å². The average molecular weight is 305 g/mol. The van der Waals surface area contributed by atoms with Crippen molar-refractivity contribution in [1.29, 1.82) is 0 Å². The van der Waals surface area contributed by atoms with Crippen LogP contribution in [-0.2, 0) is 9.53 Å². The Morgan fingerprint density at radius 3 is 3.11 bits per heavy atom. The summed E-state index contributed by atoms with van der Waals surface area (Å²) >= 11 is 1.69. The summed E-state index contributed by atoms with van der Waals surface area (Å²) in [5.41, 5.74) is 0. The lowest BCUT2D eigenvalue weighted by Gasteiger charge is -2.24. The van der Waals surface area contributed by atoms with Gasteiger partial charge in [-0.2, -0.15) is 0 Å². The molecule has 4 nitrogen and oxygen atoms in total. The number of ether oxygens (including phenoxy) is 1. The van der Waals surface area contributed by atoms with Crippen LogP contribution in [0.25, 0.3) is 0 Å². The maximum Gasteiger partial charge on any atom is 0.222 e. The molecule has 2 atom stereocenters. The molecule has 19 heavy (non-hydrogen) atoms. The largest absolute Gasteiger partial charge is 0.378 e. The molecule has 2 rings (SSSR count). The number of rotatable bonds is 5. The number of amides is 1. The first kappa shape index (κ1) is 16.4. The predicted molar refractivity (Wildman–Crippen MR) is 80.0 cm³/mol. The van der Waals surface area contributed by atoms with E-state index < -0.39 is 0 Å². The summed E-state index contributed by atoms with van der Waals surface area (Å²) in [6.07, 6.45) is 1.41. The lowest BCUT2D eigenvalue weighted by atomic mass is 10.1. The van der Waals surface area contributed by atoms with E-state index >= 15 is 0 Å². The summed E-state index contributed by atoms with van der Waals surface area (Å²) < 4.78 is 5.35. The third kappa shape index (κ3) is 5.10. The van der Waals surface area contributed by atoms with Gasteiger partial charge in [0.2, 0.25) is 5.91 Å². The molecular weight excluding hydrogens is 284 g/mol. The van der Waals surface area contributed by atoms with Gasteiger partial charge in [-0.15, -0.1) is 23.7 Å². The Hall–Kier alpha value is -0.620. The first-order chi connectivity index (χ1) is 8.79. The van der Waals surface area contributed by atoms with Gasteiger partial charge in [-0.25, -0.2) is 0 Å². The van der Waals surface area contributed by atoms with Crippen LogP contribution in [0.3, 0.4) is 0 Å². The number of thiophene rings is 1. The lowest BCUT2D eigenvalue weighted by Crippen LogP contribution is -2.44. The first-order valence-electron chi connectivity index (χ1n) is 6.43. The second kappa shape index (κ2) is 8.53. The highest BCUT2D eigenvalue weighted by Gasteiger charge is 2.19. The number of carbonyl (C=O) groups is 1. The van der Waals surface area contributed by atoms with Crippen LogP contribution in [-0.4, -0.2) is 31.7 Å². The monoisotopic (exact) mass is 304 g/mol. The van der Waals surface area contributed by atoms with Crippen LogP contribution in [0.4, 0.5) is 0 Å². The Morgan fingerprint density at radius 1 is 1.68 bits per heavy atom. The molecule has 1 aliphatic heterocycles. The summed E-state index contributed by atoms with van der Waals surface area (Å²) in [6.45, 7) is 4.29. The van der Waals surface area contributed by atoms with Crippen molar-refractivity contribution in [1.82, 2.24) is 10.6 Å². The van der Waals surface area contributed by atoms with E-state index in [-0.39, 0.29) is 30.4 Å². The van der Waals surface area contributed by atoms with Crippen molar-refractivity contribution in [3.8, 4) is 0 Å². The van der Waals surface area contributed by atoms with Gasteiger partial charge in [0.05, 0.1) is 19.3 Å². The van der Waals surface area contributed by atoms with Crippen LogP contribution in [0.15, 0.2) is 17.5 Å². The fraction of sp³-hybridized carbons (Fsp3) is 0.615. The van der Waals surface area contributed by atoms with E-state index in [1.807, 2.05) is 11.4 Å². The molecule has 2 N–H and O–H groups in total. The molecule has 0 aliphatic carbocycles. The topological polar surface area (TPSA) is 50.4 Å². The summed E-state index contributed by atoms with van der Waals surface area (Å²) in [7, 11) is 0. The van der Waals surface area contributed by atoms with Gasteiger partial charge >= 0.3 is 0 Å². The summed E-state index contributed by atoms with van der Waals surface area (Å²) in [5.74, 6) is 0.0956. The Bertz CT molecular complexity index is 367. The van der Waals surface area contributed by atoms with Gasteiger partial charge in [-0.1, -0.05) is 13.0 Å². The molecule has 0 bridgehead atoms. The minimum atomic E-state index is 0. The highest BCUT2D eigenvalue weighted by Crippen LogP contribution is 2.21. The van der Waals surface area contributed by atoms with Gasteiger partial charge in [0, 0.05) is 23.9 Å². The maximum atomic E-state index is 12.0. The number of nitrogens with one attached hydrogen (secondary N) is 2. The summed E-state index contributed by atoms with van der Waals surface area (Å²) in [6, 6.07) is 4.38. The SMILES string of the molecule is CCC(NC(=O)CC1COCCN1)c1cccs1.Cl. The van der Waals surface area contributed by atoms with Crippen LogP contribution < -0.4 is 10.6 Å². The van der Waals surface area contributed by atoms with Gasteiger partial charge < -0.3 is 15.4 Å². The number of halogens is 1. The molecule has 1 amide bonds. The summed E-state index contributed by atoms with van der Waals surface area (Å²) in [5, 5.41) is 8.43. The molecule has 108 valence electrons. The molecule has 1 fully saturated rings. The molecule has 0 spiro atoms. The Balaban J connectivity index is 0.00000180. The minimum absolute atomic E-state index is 0. The van der Waals surface area contributed by atoms with Gasteiger partial charge in [0.1, 0.15) is 0 Å². The second-order valence-electron chi connectivity index (χ2n) is 4.47. The van der Waals surface area contributed by atoms with Crippen molar-refractivity contribution in [3.63, 3.8) is 0 Å². The van der Waals surface area contributed by atoms with E-state index in [1.165, 1.54) is 4.88 Å². The number of morpholine rings is 1. The van der Waals surface area contributed by atoms with Crippen LogP contribution in [0.2, 0.25) is 0 Å². The molecule has 0 radical (unpaired) electrons. The lowest BCUT2D eigenvalue weighted by molar-refractivity contribution is -0.123. The number of hydrogen-bond acceptors (Lipinski definition) is 4. The van der Waals surface area contributed by atoms with Gasteiger partial charge in [-0.05, 0) is 17.9 Å². The molecule has 1 aromatic heterocycles. The Labute approximate surface area is 124 Å². The third-order valence-electron chi connectivity index (χ3n) is 3.06. The van der Waals surface area contributed by atoms with Gasteiger partial charge in [0.15, 0.2) is 0 Å². The van der Waals surface area contributed by atoms with Gasteiger partial charge in [0.25, 0.3) is 0 Å². The Morgan fingerprint density at radius 2 is 2.53 bits per heavy atom. The van der Waals surface area contributed by atoms with Crippen LogP contribution >= 0.6 is 23.7 Å². The third-order valence-corrected chi connectivity index (χ3v) is 4.05. The molecule has 2 heterocycles. The van der Waals surface area contributed by atoms with Crippen molar-refractivity contribution in [2.24, 2.45) is 0 Å². The van der Waals surface area contributed by atoms with E-state index in [1.54, 1.807) is 11.3 Å². The molecule has 1 aromatic rings. The normalized spacial score (nSPS) is 20.4. The van der Waals surface area contributed by atoms with E-state index in [0.29, 0.717) is 13.0 Å². The van der Waals surface area contributed by atoms with Crippen molar-refractivity contribution in [3.05, 3.63) is 22.4 Å². The number of carbonyl (C=O) groups excluding carboxylic acids is 1. The maximum absolute atomic E-state index is 12.0.